The van der Waals surface area contributed by atoms with Crippen LogP contribution in [0.25, 0.3) is 0 Å². The average molecular weight is 1640 g/mol. The first-order valence-corrected chi connectivity index (χ1v) is 38.2. The maximum Gasteiger partial charge on any atom is 0.326 e. The summed E-state index contributed by atoms with van der Waals surface area (Å²) in [6, 6.07) is -14.4. The predicted molar refractivity (Wildman–Crippen MR) is 352 cm³/mol. The van der Waals surface area contributed by atoms with E-state index in [1.54, 1.807) is 0 Å². The Morgan fingerprint density at radius 2 is 0.331 bits per heavy atom. The monoisotopic (exact) mass is 1640 g/mol. The maximum absolute atomic E-state index is 15.6. The summed E-state index contributed by atoms with van der Waals surface area (Å²) in [5.74, 6) is 0. The van der Waals surface area contributed by atoms with Crippen LogP contribution in [0.1, 0.15) is 0 Å². The van der Waals surface area contributed by atoms with Crippen molar-refractivity contribution < 1.29 is 95.9 Å². The molecule has 5 N–H and O–H groups in total. The molecule has 0 aromatic rings. The second kappa shape index (κ2) is 19.5. The Kier molecular flexibility index (Phi) is 10.5. The van der Waals surface area contributed by atoms with Crippen molar-refractivity contribution in [1.82, 2.24) is 198 Å². The molecule has 0 spiro atoms. The van der Waals surface area contributed by atoms with E-state index in [9.17, 15) is 47.9 Å². The molecule has 0 saturated carbocycles. The number of nitrogens with one attached hydrogen (secondary N) is 5. The van der Waals surface area contributed by atoms with E-state index in [-0.39, 0.29) is 26.7 Å². The molecule has 28 fully saturated rings. The maximum atomic E-state index is 15.6. The van der Waals surface area contributed by atoms with Crippen LogP contribution in [-0.4, -0.2) is 536 Å². The largest absolute Gasteiger partial charge is 0.326 e. The molecular weight excluding hydrogens is 1580 g/mol. The fourth-order valence-corrected chi connectivity index (χ4v) is 24.4. The molecule has 0 aromatic carbocycles. The lowest BCUT2D eigenvalue weighted by molar-refractivity contribution is -0.0174. The zero-order chi connectivity index (χ0) is 79.9. The molecule has 60 nitrogen and oxygen atoms in total. The van der Waals surface area contributed by atoms with Crippen molar-refractivity contribution in [3.05, 3.63) is 0 Å². The van der Waals surface area contributed by atoms with Crippen molar-refractivity contribution in [3.63, 3.8) is 0 Å². The van der Waals surface area contributed by atoms with Gasteiger partial charge in [0, 0.05) is 7.05 Å². The highest BCUT2D eigenvalue weighted by Crippen LogP contribution is 2.53. The van der Waals surface area contributed by atoms with Crippen LogP contribution in [0.2, 0.25) is 0 Å². The first-order valence-electron chi connectivity index (χ1n) is 38.2. The van der Waals surface area contributed by atoms with E-state index in [0.717, 1.165) is 9.80 Å². The Bertz CT molecular complexity index is 5140. The molecule has 28 aliphatic rings. The van der Waals surface area contributed by atoms with Crippen LogP contribution >= 0.6 is 0 Å². The van der Waals surface area contributed by atoms with Gasteiger partial charge in [-0.2, -0.15) is 0 Å². The molecule has 40 amide bonds. The Labute approximate surface area is 656 Å². The molecule has 20 atom stereocenters. The molecule has 28 saturated heterocycles. The number of likely N-dealkylation sites (N-methyl/N-ethyl adjacent to an activating group) is 1. The highest BCUT2D eigenvalue weighted by atomic mass is 16.3. The molecule has 118 heavy (non-hydrogen) atoms. The zero-order valence-corrected chi connectivity index (χ0v) is 60.9. The molecule has 0 unspecified atom stereocenters. The van der Waals surface area contributed by atoms with Crippen LogP contribution in [0.15, 0.2) is 0 Å². The lowest BCUT2D eigenvalue weighted by atomic mass is 10.3. The molecule has 0 aliphatic carbocycles. The van der Waals surface area contributed by atoms with Crippen molar-refractivity contribution in [3.8, 4) is 0 Å². The molecular formula is C58H62N40O20. The van der Waals surface area contributed by atoms with Gasteiger partial charge < -0.3 is 31.5 Å². The minimum absolute atomic E-state index is 0.361. The third-order valence-corrected chi connectivity index (χ3v) is 29.3. The summed E-state index contributed by atoms with van der Waals surface area (Å²) in [6.45, 7) is -8.91. The third kappa shape index (κ3) is 6.60. The van der Waals surface area contributed by atoms with Crippen LogP contribution in [0, 0.1) is 0 Å². The first kappa shape index (κ1) is 63.8. The van der Waals surface area contributed by atoms with Gasteiger partial charge in [-0.1, -0.05) is 0 Å². The molecule has 0 bridgehead atoms. The van der Waals surface area contributed by atoms with Gasteiger partial charge in [0.05, 0.1) is 0 Å². The Morgan fingerprint density at radius 3 is 0.542 bits per heavy atom. The molecule has 60 heteroatoms. The Balaban J connectivity index is 0.450. The van der Waals surface area contributed by atoms with Gasteiger partial charge in [-0.25, -0.2) is 95.9 Å². The lowest BCUT2D eigenvalue weighted by Crippen LogP contribution is -2.63. The summed E-state index contributed by atoms with van der Waals surface area (Å²) in [5, 5.41) is 13.8. The van der Waals surface area contributed by atoms with Crippen LogP contribution < -0.4 is 26.6 Å². The van der Waals surface area contributed by atoms with Crippen molar-refractivity contribution in [2.24, 2.45) is 0 Å². The number of urea groups is 20. The summed E-state index contributed by atoms with van der Waals surface area (Å²) in [7, 11) is 1.50. The van der Waals surface area contributed by atoms with Gasteiger partial charge in [-0.05, 0) is 0 Å². The normalized spacial score (nSPS) is 39.5. The number of rotatable bonds is 2. The van der Waals surface area contributed by atoms with Gasteiger partial charge >= 0.3 is 121 Å². The van der Waals surface area contributed by atoms with Crippen molar-refractivity contribution >= 4 is 121 Å². The number of carbonyl (C=O) groups excluding carboxylic acids is 20. The fourth-order valence-electron chi connectivity index (χ4n) is 24.4. The minimum atomic E-state index is -1.35. The van der Waals surface area contributed by atoms with Crippen LogP contribution in [0.3, 0.4) is 0 Å². The van der Waals surface area contributed by atoms with Gasteiger partial charge in [0.2, 0.25) is 0 Å². The quantitative estimate of drug-likeness (QED) is 0.171. The molecule has 28 heterocycles. The molecule has 0 aromatic heterocycles. The van der Waals surface area contributed by atoms with E-state index >= 15 is 47.9 Å². The van der Waals surface area contributed by atoms with Crippen LogP contribution in [-0.2, 0) is 0 Å². The minimum Gasteiger partial charge on any atom is -0.314 e. The lowest BCUT2D eigenvalue weighted by Gasteiger charge is -2.42. The van der Waals surface area contributed by atoms with E-state index in [0.29, 0.717) is 0 Å². The number of nitrogens with zero attached hydrogens (tertiary/aromatic N) is 35. The van der Waals surface area contributed by atoms with Gasteiger partial charge in [-0.3, -0.25) is 167 Å². The summed E-state index contributed by atoms with van der Waals surface area (Å²) in [6.07, 6.45) is -23.8. The van der Waals surface area contributed by atoms with Gasteiger partial charge in [0.1, 0.15) is 138 Å². The standard InChI is InChI=1S/C58H62N40O20/c1-64-20-24-69(41(101)61-20)5-77-28-32-85(49(77)109)13-93-37-38-95(56(93)116)15-87-34-30-79(51(87)111)7-71-26-22(63-43(71)103)66(46(106)74(26)10-82(30)54(114)90(34)18-98(38)58(118)96(37)16-88(32)52(112)80(28)8-72(24)44(64)104)2-65-21-25-70(42(102)62-21)6-78-29-33-86(50(78)110)14-94-36-35-91(55(94)115)11-83-31-27-75(47(83)107)3-67-23-19(59-39(67)99)60-40(100)68(23)4-76(27)48(108)84(31)12-92(35)57(117)97(36)17-89(33)53(113)81(29)9-73(25)45(65)105/h19-38H,2-18H2,1H3,(H,59,99)(H,60,100)(H,61,101)(H,62,102)(H,63,103)/t19-,20-,21+,22+,23+,24+,25-,26-,27-,28-,29+,30+,31+,32+,33-,34-,35-,36+,37-,38+/m0/s1. The second-order valence-corrected chi connectivity index (χ2v) is 33.9. The van der Waals surface area contributed by atoms with E-state index in [4.69, 9.17) is 0 Å². The van der Waals surface area contributed by atoms with E-state index < -0.39 is 331 Å². The van der Waals surface area contributed by atoms with Crippen molar-refractivity contribution in [2.45, 2.75) is 123 Å². The fraction of sp³-hybridized carbons (Fsp3) is 0.655. The van der Waals surface area contributed by atoms with Crippen molar-refractivity contribution in [1.29, 1.82) is 0 Å². The van der Waals surface area contributed by atoms with Gasteiger partial charge in [0.15, 0.2) is 98.7 Å². The molecule has 614 valence electrons. The number of carbonyl (C=O) groups is 20. The molecule has 28 aliphatic heterocycles. The number of hydrogen-bond acceptors (Lipinski definition) is 20. The second-order valence-electron chi connectivity index (χ2n) is 33.9. The smallest absolute Gasteiger partial charge is 0.314 e. The predicted octanol–water partition coefficient (Wildman–Crippen LogP) is -10.3. The van der Waals surface area contributed by atoms with E-state index in [1.165, 1.54) is 169 Å². The summed E-state index contributed by atoms with van der Waals surface area (Å²) in [4.78, 5) is 342. The molecule has 0 radical (unpaired) electrons. The third-order valence-electron chi connectivity index (χ3n) is 29.3. The topological polar surface area (TPSA) is 515 Å². The van der Waals surface area contributed by atoms with Gasteiger partial charge in [0.25, 0.3) is 0 Å². The van der Waals surface area contributed by atoms with Gasteiger partial charge in [-0.15, -0.1) is 0 Å². The average Bonchev–Trinajstić information content (AvgIpc) is 1.52. The van der Waals surface area contributed by atoms with E-state index in [2.05, 4.69) is 26.6 Å². The number of amides is 40. The zero-order valence-electron chi connectivity index (χ0n) is 60.9. The summed E-state index contributed by atoms with van der Waals surface area (Å²) >= 11 is 0. The highest BCUT2D eigenvalue weighted by molar-refractivity contribution is 5.97. The van der Waals surface area contributed by atoms with Crippen molar-refractivity contribution in [2.75, 3.05) is 120 Å². The van der Waals surface area contributed by atoms with E-state index in [1.807, 2.05) is 0 Å². The Hall–Kier alpha value is -14.6. The number of hydrogen-bond donors (Lipinski definition) is 5. The highest BCUT2D eigenvalue weighted by Gasteiger charge is 2.77. The SMILES string of the molecule is CN1C(=O)N2CN3C(=O)N4CN5C(=O)N6CN7C(=O)N8CN9C(=O)N(CN%10C(=O)N%11CN%12C(=O)N%13CN%14C(=O)N%15CN%16C(=O)N%17CN%18C(=O)N[C@@H]%19NC(=O)N(CN%20C(=O)N(CN%21C(=O)N(CN%22C(=O)N(CN%23C(=O)N[C@H]%10[C@@H]%23%11)[C@H]%12[C@@H]%22%13)[C@H]%14[C@@H]%21%15)[C@H]%16[C@@H]%20%17)[C@@H]%19%18)[C@H]%10NC(=O)N(CN%11C(=O)N(CN%12C(=O)N(CN%13C(=O)N(CN%14C(=O)N[C@@H]1[C@H]%142)[C@@H]3[C@H]%134)[C@@H]5[C@H]%126)[C@@H]7[C@H]%118)[C@H]%109. The van der Waals surface area contributed by atoms with Crippen LogP contribution in [0.4, 0.5) is 95.9 Å². The summed E-state index contributed by atoms with van der Waals surface area (Å²) < 4.78 is 0. The first-order chi connectivity index (χ1) is 56.8. The molecule has 28 rings (SSSR count). The Morgan fingerprint density at radius 1 is 0.178 bits per heavy atom. The van der Waals surface area contributed by atoms with Crippen LogP contribution in [0.5, 0.6) is 0 Å². The summed E-state index contributed by atoms with van der Waals surface area (Å²) in [5.41, 5.74) is 0.